The van der Waals surface area contributed by atoms with Crippen LogP contribution in [0.15, 0.2) is 84.9 Å². The molecule has 0 atom stereocenters. The highest BCUT2D eigenvalue weighted by Gasteiger charge is 2.22. The van der Waals surface area contributed by atoms with Crippen LogP contribution >= 0.6 is 0 Å². The molecule has 5 aromatic rings. The standard InChI is InChI=1S/C29H28N2/c1-19(2)23-15-10-16-24(20(3)4)27(23)31-28-25-14-9-8-11-21(25)17-18-26(28)30-29(31)22-12-6-5-7-13-22/h5-20H,1-4H3/i19D,20D. The van der Waals surface area contributed by atoms with Crippen LogP contribution in [0, 0.1) is 0 Å². The zero-order chi connectivity index (χ0) is 23.4. The molecule has 1 heterocycles. The predicted molar refractivity (Wildman–Crippen MR) is 132 cm³/mol. The molecule has 0 unspecified atom stereocenters. The Morgan fingerprint density at radius 2 is 1.35 bits per heavy atom. The molecule has 5 rings (SSSR count). The Morgan fingerprint density at radius 1 is 0.710 bits per heavy atom. The number of imidazole rings is 1. The van der Waals surface area contributed by atoms with E-state index in [1.807, 2.05) is 70.2 Å². The third kappa shape index (κ3) is 3.23. The Morgan fingerprint density at radius 3 is 2.03 bits per heavy atom. The van der Waals surface area contributed by atoms with Crippen LogP contribution in [0.4, 0.5) is 0 Å². The van der Waals surface area contributed by atoms with E-state index in [1.54, 1.807) is 0 Å². The van der Waals surface area contributed by atoms with Crippen LogP contribution in [0.2, 0.25) is 0 Å². The molecule has 2 heteroatoms. The molecule has 0 N–H and O–H groups in total. The molecule has 0 spiro atoms. The Labute approximate surface area is 187 Å². The second kappa shape index (κ2) is 7.70. The average molecular weight is 407 g/mol. The van der Waals surface area contributed by atoms with Gasteiger partial charge in [-0.3, -0.25) is 4.57 Å². The SMILES string of the molecule is [2H]C(C)(C)c1cccc(C([2H])(C)C)c1-n1c(-c2ccccc2)nc2ccc3ccccc3c21. The highest BCUT2D eigenvalue weighted by atomic mass is 15.1. The molecule has 0 saturated carbocycles. The number of fused-ring (bicyclic) bond motifs is 3. The van der Waals surface area contributed by atoms with Crippen LogP contribution < -0.4 is 0 Å². The van der Waals surface area contributed by atoms with Crippen molar-refractivity contribution in [2.24, 2.45) is 0 Å². The summed E-state index contributed by atoms with van der Waals surface area (Å²) >= 11 is 0. The topological polar surface area (TPSA) is 17.8 Å². The Bertz CT molecular complexity index is 1440. The first kappa shape index (κ1) is 17.3. The molecule has 0 radical (unpaired) electrons. The fourth-order valence-corrected chi connectivity index (χ4v) is 4.43. The van der Waals surface area contributed by atoms with E-state index in [2.05, 4.69) is 47.0 Å². The van der Waals surface area contributed by atoms with Crippen molar-refractivity contribution < 1.29 is 2.74 Å². The number of hydrogen-bond donors (Lipinski definition) is 0. The smallest absolute Gasteiger partial charge is 0.145 e. The summed E-state index contributed by atoms with van der Waals surface area (Å²) in [6.07, 6.45) is 0. The third-order valence-electron chi connectivity index (χ3n) is 5.91. The van der Waals surface area contributed by atoms with Gasteiger partial charge in [-0.05, 0) is 34.4 Å². The summed E-state index contributed by atoms with van der Waals surface area (Å²) < 4.78 is 20.1. The Balaban J connectivity index is 2.04. The van der Waals surface area contributed by atoms with Gasteiger partial charge in [0.1, 0.15) is 5.82 Å². The van der Waals surface area contributed by atoms with Crippen LogP contribution in [0.25, 0.3) is 38.9 Å². The minimum Gasteiger partial charge on any atom is -0.291 e. The molecule has 0 fully saturated rings. The zero-order valence-corrected chi connectivity index (χ0v) is 18.5. The summed E-state index contributed by atoms with van der Waals surface area (Å²) in [6, 6.07) is 28.7. The van der Waals surface area contributed by atoms with E-state index in [0.29, 0.717) is 0 Å². The van der Waals surface area contributed by atoms with Gasteiger partial charge in [0.25, 0.3) is 0 Å². The summed E-state index contributed by atoms with van der Waals surface area (Å²) in [7, 11) is 0. The van der Waals surface area contributed by atoms with Crippen molar-refractivity contribution in [2.75, 3.05) is 0 Å². The number of aromatic nitrogens is 2. The van der Waals surface area contributed by atoms with Gasteiger partial charge in [-0.25, -0.2) is 4.98 Å². The van der Waals surface area contributed by atoms with Gasteiger partial charge in [-0.1, -0.05) is 107 Å². The molecule has 4 aromatic carbocycles. The van der Waals surface area contributed by atoms with E-state index in [1.165, 1.54) is 0 Å². The maximum Gasteiger partial charge on any atom is 0.145 e. The normalized spacial score (nSPS) is 13.4. The molecule has 2 nitrogen and oxygen atoms in total. The van der Waals surface area contributed by atoms with Crippen molar-refractivity contribution in [2.45, 2.75) is 39.5 Å². The molecule has 154 valence electrons. The van der Waals surface area contributed by atoms with Crippen LogP contribution in [-0.2, 0) is 0 Å². The van der Waals surface area contributed by atoms with Crippen molar-refractivity contribution in [1.29, 1.82) is 0 Å². The lowest BCUT2D eigenvalue weighted by Crippen LogP contribution is -2.08. The number of nitrogens with zero attached hydrogens (tertiary/aromatic N) is 2. The van der Waals surface area contributed by atoms with Gasteiger partial charge in [-0.15, -0.1) is 0 Å². The van der Waals surface area contributed by atoms with Crippen LogP contribution in [0.1, 0.15) is 53.4 Å². The lowest BCUT2D eigenvalue weighted by atomic mass is 9.92. The molecule has 0 amide bonds. The first-order valence-corrected chi connectivity index (χ1v) is 10.8. The monoisotopic (exact) mass is 406 g/mol. The second-order valence-electron chi connectivity index (χ2n) is 8.49. The van der Waals surface area contributed by atoms with E-state index < -0.39 is 11.8 Å². The minimum atomic E-state index is -0.855. The largest absolute Gasteiger partial charge is 0.291 e. The average Bonchev–Trinajstić information content (AvgIpc) is 3.18. The van der Waals surface area contributed by atoms with Gasteiger partial charge in [0.2, 0.25) is 0 Å². The highest BCUT2D eigenvalue weighted by molar-refractivity contribution is 6.06. The fraction of sp³-hybridized carbons (Fsp3) is 0.207. The molecular weight excluding hydrogens is 376 g/mol. The lowest BCUT2D eigenvalue weighted by molar-refractivity contribution is 0.811. The molecule has 0 saturated heterocycles. The van der Waals surface area contributed by atoms with E-state index in [9.17, 15) is 0 Å². The summed E-state index contributed by atoms with van der Waals surface area (Å²) in [6.45, 7) is 7.63. The number of benzene rings is 4. The number of para-hydroxylation sites is 1. The molecular formula is C29H28N2. The number of rotatable bonds is 4. The van der Waals surface area contributed by atoms with E-state index >= 15 is 0 Å². The first-order chi connectivity index (χ1) is 15.7. The van der Waals surface area contributed by atoms with Crippen molar-refractivity contribution in [3.63, 3.8) is 0 Å². The third-order valence-corrected chi connectivity index (χ3v) is 5.91. The Hall–Kier alpha value is -3.39. The van der Waals surface area contributed by atoms with Crippen molar-refractivity contribution >= 4 is 21.8 Å². The highest BCUT2D eigenvalue weighted by Crippen LogP contribution is 2.39. The molecule has 0 aliphatic rings. The molecule has 1 aromatic heterocycles. The van der Waals surface area contributed by atoms with Gasteiger partial charge in [0.05, 0.1) is 16.7 Å². The van der Waals surface area contributed by atoms with Crippen molar-refractivity contribution in [3.8, 4) is 17.1 Å². The molecule has 31 heavy (non-hydrogen) atoms. The van der Waals surface area contributed by atoms with Crippen LogP contribution in [0.5, 0.6) is 0 Å². The van der Waals surface area contributed by atoms with Crippen molar-refractivity contribution in [1.82, 2.24) is 9.55 Å². The van der Waals surface area contributed by atoms with Gasteiger partial charge >= 0.3 is 0 Å². The number of hydrogen-bond acceptors (Lipinski definition) is 1. The van der Waals surface area contributed by atoms with E-state index in [4.69, 9.17) is 7.73 Å². The summed E-state index contributed by atoms with van der Waals surface area (Å²) in [4.78, 5) is 5.10. The van der Waals surface area contributed by atoms with Gasteiger partial charge in [0, 0.05) is 13.7 Å². The molecule has 0 aliphatic heterocycles. The van der Waals surface area contributed by atoms with Crippen LogP contribution in [0.3, 0.4) is 0 Å². The molecule has 0 bridgehead atoms. The predicted octanol–water partition coefficient (Wildman–Crippen LogP) is 8.09. The zero-order valence-electron chi connectivity index (χ0n) is 20.5. The fourth-order valence-electron chi connectivity index (χ4n) is 4.43. The summed E-state index contributed by atoms with van der Waals surface area (Å²) in [5, 5.41) is 2.25. The van der Waals surface area contributed by atoms with Crippen LogP contribution in [-0.4, -0.2) is 9.55 Å². The summed E-state index contributed by atoms with van der Waals surface area (Å²) in [5.41, 5.74) is 5.56. The maximum absolute atomic E-state index is 8.97. The maximum atomic E-state index is 8.97. The van der Waals surface area contributed by atoms with E-state index in [0.717, 1.165) is 50.0 Å². The Kier molecular flexibility index (Phi) is 4.30. The minimum absolute atomic E-state index is 0.823. The van der Waals surface area contributed by atoms with E-state index in [-0.39, 0.29) is 0 Å². The van der Waals surface area contributed by atoms with Gasteiger partial charge in [-0.2, -0.15) is 0 Å². The van der Waals surface area contributed by atoms with Crippen molar-refractivity contribution in [3.05, 3.63) is 96.1 Å². The van der Waals surface area contributed by atoms with Gasteiger partial charge in [0.15, 0.2) is 0 Å². The first-order valence-electron chi connectivity index (χ1n) is 11.8. The quantitative estimate of drug-likeness (QED) is 0.295. The molecule has 0 aliphatic carbocycles. The second-order valence-corrected chi connectivity index (χ2v) is 8.49. The summed E-state index contributed by atoms with van der Waals surface area (Å²) in [5.74, 6) is -0.888. The lowest BCUT2D eigenvalue weighted by Gasteiger charge is -2.23. The van der Waals surface area contributed by atoms with Gasteiger partial charge < -0.3 is 0 Å².